The quantitative estimate of drug-likeness (QED) is 0.175. The van der Waals surface area contributed by atoms with Crippen LogP contribution < -0.4 is 4.74 Å². The molecule has 0 saturated heterocycles. The molecule has 0 amide bonds. The standard InChI is InChI=1S/C29H40F4N2O2/c1-4-6-8-13-36-14-9-15-37-23-18-34-28(35-19-23)24-12-11-21-17-22(16-20(3)10-7-5-2)26(30)27(31)25(21)29(24,32)33/h17-20,24H,4-16H2,1-3H3. The Kier molecular flexibility index (Phi) is 11.2. The van der Waals surface area contributed by atoms with Crippen molar-refractivity contribution in [1.29, 1.82) is 0 Å². The first-order valence-corrected chi connectivity index (χ1v) is 13.7. The molecular formula is C29H40F4N2O2. The van der Waals surface area contributed by atoms with Gasteiger partial charge in [0.1, 0.15) is 5.82 Å². The zero-order chi connectivity index (χ0) is 26.8. The molecule has 37 heavy (non-hydrogen) atoms. The van der Waals surface area contributed by atoms with E-state index in [0.717, 1.165) is 45.1 Å². The molecule has 1 aromatic carbocycles. The fraction of sp³-hybridized carbons (Fsp3) is 0.655. The maximum atomic E-state index is 15.5. The molecule has 0 fully saturated rings. The van der Waals surface area contributed by atoms with Crippen LogP contribution in [0.3, 0.4) is 0 Å². The van der Waals surface area contributed by atoms with E-state index in [0.29, 0.717) is 31.8 Å². The topological polar surface area (TPSA) is 44.2 Å². The molecule has 0 N–H and O–H groups in total. The Labute approximate surface area is 218 Å². The van der Waals surface area contributed by atoms with E-state index in [9.17, 15) is 4.39 Å². The average molecular weight is 525 g/mol. The highest BCUT2D eigenvalue weighted by molar-refractivity contribution is 5.42. The van der Waals surface area contributed by atoms with Gasteiger partial charge < -0.3 is 9.47 Å². The maximum Gasteiger partial charge on any atom is 0.286 e. The lowest BCUT2D eigenvalue weighted by molar-refractivity contribution is -0.0499. The summed E-state index contributed by atoms with van der Waals surface area (Å²) in [5.41, 5.74) is -0.498. The summed E-state index contributed by atoms with van der Waals surface area (Å²) in [5, 5.41) is 0. The number of aryl methyl sites for hydroxylation is 1. The van der Waals surface area contributed by atoms with Gasteiger partial charge in [0.15, 0.2) is 17.4 Å². The molecule has 1 aliphatic rings. The summed E-state index contributed by atoms with van der Waals surface area (Å²) < 4.78 is 72.1. The first kappa shape index (κ1) is 29.3. The van der Waals surface area contributed by atoms with E-state index in [1.807, 2.05) is 6.92 Å². The van der Waals surface area contributed by atoms with Crippen LogP contribution in [-0.4, -0.2) is 29.8 Å². The van der Waals surface area contributed by atoms with Crippen LogP contribution >= 0.6 is 0 Å². The number of rotatable bonds is 15. The average Bonchev–Trinajstić information content (AvgIpc) is 2.87. The maximum absolute atomic E-state index is 15.5. The van der Waals surface area contributed by atoms with E-state index in [2.05, 4.69) is 23.8 Å². The van der Waals surface area contributed by atoms with E-state index in [4.69, 9.17) is 9.47 Å². The second kappa shape index (κ2) is 14.1. The van der Waals surface area contributed by atoms with Crippen LogP contribution in [0.15, 0.2) is 18.5 Å². The lowest BCUT2D eigenvalue weighted by Crippen LogP contribution is -2.33. The van der Waals surface area contributed by atoms with Gasteiger partial charge in [-0.25, -0.2) is 27.5 Å². The first-order chi connectivity index (χ1) is 17.8. The van der Waals surface area contributed by atoms with Gasteiger partial charge in [-0.05, 0) is 42.7 Å². The number of benzene rings is 1. The molecular weight excluding hydrogens is 484 g/mol. The lowest BCUT2D eigenvalue weighted by Gasteiger charge is -2.33. The minimum Gasteiger partial charge on any atom is -0.490 e. The van der Waals surface area contributed by atoms with Crippen molar-refractivity contribution >= 4 is 0 Å². The summed E-state index contributed by atoms with van der Waals surface area (Å²) in [4.78, 5) is 8.19. The van der Waals surface area contributed by atoms with Crippen molar-refractivity contribution in [2.75, 3.05) is 19.8 Å². The number of hydrogen-bond donors (Lipinski definition) is 0. The molecule has 1 heterocycles. The first-order valence-electron chi connectivity index (χ1n) is 13.7. The highest BCUT2D eigenvalue weighted by Gasteiger charge is 2.50. The summed E-state index contributed by atoms with van der Waals surface area (Å²) in [6.45, 7) is 7.89. The van der Waals surface area contributed by atoms with Gasteiger partial charge in [0.25, 0.3) is 5.92 Å². The van der Waals surface area contributed by atoms with Crippen molar-refractivity contribution in [3.05, 3.63) is 52.6 Å². The van der Waals surface area contributed by atoms with E-state index in [-0.39, 0.29) is 35.7 Å². The Morgan fingerprint density at radius 1 is 0.973 bits per heavy atom. The van der Waals surface area contributed by atoms with Crippen molar-refractivity contribution in [2.45, 2.75) is 96.8 Å². The molecule has 3 rings (SSSR count). The number of fused-ring (bicyclic) bond motifs is 1. The van der Waals surface area contributed by atoms with E-state index in [1.165, 1.54) is 18.5 Å². The molecule has 0 aliphatic heterocycles. The minimum atomic E-state index is -3.62. The number of nitrogens with zero attached hydrogens (tertiary/aromatic N) is 2. The second-order valence-electron chi connectivity index (χ2n) is 10.2. The highest BCUT2D eigenvalue weighted by atomic mass is 19.3. The van der Waals surface area contributed by atoms with E-state index >= 15 is 13.2 Å². The van der Waals surface area contributed by atoms with Gasteiger partial charge in [0.2, 0.25) is 0 Å². The third-order valence-electron chi connectivity index (χ3n) is 7.01. The predicted octanol–water partition coefficient (Wildman–Crippen LogP) is 7.92. The van der Waals surface area contributed by atoms with Crippen LogP contribution in [0.2, 0.25) is 0 Å². The van der Waals surface area contributed by atoms with Crippen molar-refractivity contribution in [2.24, 2.45) is 5.92 Å². The van der Waals surface area contributed by atoms with Crippen molar-refractivity contribution in [3.63, 3.8) is 0 Å². The summed E-state index contributed by atoms with van der Waals surface area (Å²) in [5.74, 6) is -7.25. The molecule has 0 bridgehead atoms. The highest BCUT2D eigenvalue weighted by Crippen LogP contribution is 2.50. The predicted molar refractivity (Wildman–Crippen MR) is 136 cm³/mol. The number of alkyl halides is 2. The summed E-state index contributed by atoms with van der Waals surface area (Å²) in [7, 11) is 0. The number of hydrogen-bond acceptors (Lipinski definition) is 4. The molecule has 206 valence electrons. The summed E-state index contributed by atoms with van der Waals surface area (Å²) in [6.07, 6.45) is 10.2. The van der Waals surface area contributed by atoms with Gasteiger partial charge in [0.05, 0.1) is 30.5 Å². The van der Waals surface area contributed by atoms with Crippen LogP contribution in [0, 0.1) is 17.6 Å². The van der Waals surface area contributed by atoms with Crippen molar-refractivity contribution in [1.82, 2.24) is 9.97 Å². The zero-order valence-electron chi connectivity index (χ0n) is 22.3. The number of ether oxygens (including phenoxy) is 2. The van der Waals surface area contributed by atoms with Gasteiger partial charge in [-0.2, -0.15) is 0 Å². The SMILES string of the molecule is CCCCCOCCCOc1cnc(C2CCc3cc(CC(C)CCCC)c(F)c(F)c3C2(F)F)nc1. The van der Waals surface area contributed by atoms with Gasteiger partial charge in [-0.3, -0.25) is 0 Å². The summed E-state index contributed by atoms with van der Waals surface area (Å²) in [6, 6.07) is 1.44. The van der Waals surface area contributed by atoms with Crippen LogP contribution in [0.1, 0.15) is 101 Å². The molecule has 1 aromatic heterocycles. The fourth-order valence-electron chi connectivity index (χ4n) is 4.91. The Hall–Kier alpha value is -2.22. The van der Waals surface area contributed by atoms with Gasteiger partial charge >= 0.3 is 0 Å². The Morgan fingerprint density at radius 2 is 1.68 bits per heavy atom. The van der Waals surface area contributed by atoms with Crippen LogP contribution in [0.4, 0.5) is 17.6 Å². The third kappa shape index (κ3) is 7.65. The monoisotopic (exact) mass is 524 g/mol. The zero-order valence-corrected chi connectivity index (χ0v) is 22.3. The van der Waals surface area contributed by atoms with Gasteiger partial charge in [-0.1, -0.05) is 58.9 Å². The minimum absolute atomic E-state index is 0.0471. The molecule has 8 heteroatoms. The van der Waals surface area contributed by atoms with Crippen molar-refractivity contribution in [3.8, 4) is 5.75 Å². The molecule has 2 atom stereocenters. The van der Waals surface area contributed by atoms with Crippen molar-refractivity contribution < 1.29 is 27.0 Å². The number of unbranched alkanes of at least 4 members (excludes halogenated alkanes) is 3. The van der Waals surface area contributed by atoms with Gasteiger partial charge in [0, 0.05) is 19.6 Å². The molecule has 2 unspecified atom stereocenters. The molecule has 0 spiro atoms. The van der Waals surface area contributed by atoms with Crippen LogP contribution in [0.25, 0.3) is 0 Å². The third-order valence-corrected chi connectivity index (χ3v) is 7.01. The smallest absolute Gasteiger partial charge is 0.286 e. The molecule has 4 nitrogen and oxygen atoms in total. The fourth-order valence-corrected chi connectivity index (χ4v) is 4.91. The van der Waals surface area contributed by atoms with Gasteiger partial charge in [-0.15, -0.1) is 0 Å². The lowest BCUT2D eigenvalue weighted by atomic mass is 9.78. The Bertz CT molecular complexity index is 985. The Morgan fingerprint density at radius 3 is 2.38 bits per heavy atom. The number of halogens is 4. The summed E-state index contributed by atoms with van der Waals surface area (Å²) >= 11 is 0. The van der Waals surface area contributed by atoms with Crippen LogP contribution in [-0.2, 0) is 23.5 Å². The van der Waals surface area contributed by atoms with E-state index in [1.54, 1.807) is 0 Å². The van der Waals surface area contributed by atoms with E-state index < -0.39 is 29.0 Å². The number of aromatic nitrogens is 2. The molecule has 1 aliphatic carbocycles. The molecule has 2 aromatic rings. The molecule has 0 radical (unpaired) electrons. The normalized spacial score (nSPS) is 17.4. The van der Waals surface area contributed by atoms with Crippen LogP contribution in [0.5, 0.6) is 5.75 Å². The second-order valence-corrected chi connectivity index (χ2v) is 10.2. The Balaban J connectivity index is 1.63. The molecule has 0 saturated carbocycles. The largest absolute Gasteiger partial charge is 0.490 e.